The van der Waals surface area contributed by atoms with Gasteiger partial charge in [-0.1, -0.05) is 27.7 Å². The molecule has 2 N–H and O–H groups in total. The normalized spacial score (nSPS) is 12.1. The third-order valence-electron chi connectivity index (χ3n) is 2.58. The van der Waals surface area contributed by atoms with E-state index < -0.39 is 18.0 Å². The summed E-state index contributed by atoms with van der Waals surface area (Å²) in [5, 5.41) is 20.1. The molecule has 0 aliphatic rings. The van der Waals surface area contributed by atoms with E-state index in [-0.39, 0.29) is 18.3 Å². The highest BCUT2D eigenvalue weighted by molar-refractivity contribution is 5.82. The lowest BCUT2D eigenvalue weighted by Gasteiger charge is -2.27. The largest absolute Gasteiger partial charge is 0.480 e. The van der Waals surface area contributed by atoms with Gasteiger partial charge in [0.1, 0.15) is 6.04 Å². The van der Waals surface area contributed by atoms with Gasteiger partial charge in [-0.25, -0.2) is 9.59 Å². The number of carboxylic acid groups (broad SMARTS) is 1. The molecule has 0 unspecified atom stereocenters. The predicted octanol–water partition coefficient (Wildman–Crippen LogP) is 1.68. The Balaban J connectivity index is 4.69. The smallest absolute Gasteiger partial charge is 0.326 e. The lowest BCUT2D eigenvalue weighted by atomic mass is 10.1. The van der Waals surface area contributed by atoms with Gasteiger partial charge in [0.25, 0.3) is 0 Å². The number of hydrogen-bond acceptors (Lipinski definition) is 3. The summed E-state index contributed by atoms with van der Waals surface area (Å²) in [6, 6.07) is 0.649. The van der Waals surface area contributed by atoms with Crippen LogP contribution in [0.15, 0.2) is 0 Å². The van der Waals surface area contributed by atoms with E-state index in [4.69, 9.17) is 10.4 Å². The van der Waals surface area contributed by atoms with E-state index >= 15 is 0 Å². The molecule has 0 aliphatic carbocycles. The highest BCUT2D eigenvalue weighted by Gasteiger charge is 2.25. The van der Waals surface area contributed by atoms with Crippen LogP contribution in [0, 0.1) is 23.2 Å². The Bertz CT molecular complexity index is 348. The van der Waals surface area contributed by atoms with E-state index in [1.165, 1.54) is 4.90 Å². The van der Waals surface area contributed by atoms with Crippen molar-refractivity contribution in [3.63, 3.8) is 0 Å². The van der Waals surface area contributed by atoms with Crippen LogP contribution in [-0.4, -0.2) is 41.1 Å². The predicted molar refractivity (Wildman–Crippen MR) is 71.4 cm³/mol. The molecule has 0 bridgehead atoms. The molecule has 0 aromatic heterocycles. The van der Waals surface area contributed by atoms with Gasteiger partial charge in [0.15, 0.2) is 0 Å². The van der Waals surface area contributed by atoms with Crippen molar-refractivity contribution >= 4 is 12.0 Å². The molecule has 0 rings (SSSR count). The number of carboxylic acids is 1. The lowest BCUT2D eigenvalue weighted by Crippen LogP contribution is -2.51. The fourth-order valence-corrected chi connectivity index (χ4v) is 1.64. The molecule has 0 saturated carbocycles. The minimum absolute atomic E-state index is 0.196. The summed E-state index contributed by atoms with van der Waals surface area (Å²) >= 11 is 0. The van der Waals surface area contributed by atoms with Gasteiger partial charge >= 0.3 is 12.0 Å². The number of amides is 2. The van der Waals surface area contributed by atoms with Crippen LogP contribution < -0.4 is 5.32 Å². The summed E-state index contributed by atoms with van der Waals surface area (Å²) in [7, 11) is 0. The van der Waals surface area contributed by atoms with Gasteiger partial charge in [-0.05, 0) is 11.8 Å². The number of nitriles is 1. The molecule has 19 heavy (non-hydrogen) atoms. The van der Waals surface area contributed by atoms with Gasteiger partial charge in [0.05, 0.1) is 12.5 Å². The number of rotatable bonds is 7. The van der Waals surface area contributed by atoms with Crippen LogP contribution in [0.3, 0.4) is 0 Å². The van der Waals surface area contributed by atoms with E-state index in [2.05, 4.69) is 5.32 Å². The van der Waals surface area contributed by atoms with Crippen LogP contribution in [-0.2, 0) is 4.79 Å². The molecule has 1 atom stereocenters. The molecule has 6 nitrogen and oxygen atoms in total. The van der Waals surface area contributed by atoms with Gasteiger partial charge in [-0.3, -0.25) is 0 Å². The van der Waals surface area contributed by atoms with Crippen LogP contribution in [0.4, 0.5) is 4.79 Å². The maximum Gasteiger partial charge on any atom is 0.326 e. The number of nitrogens with one attached hydrogen (secondary N) is 1. The van der Waals surface area contributed by atoms with E-state index in [0.717, 1.165) is 0 Å². The first-order chi connectivity index (χ1) is 8.79. The molecular weight excluding hydrogens is 246 g/mol. The van der Waals surface area contributed by atoms with Crippen LogP contribution in [0.5, 0.6) is 0 Å². The van der Waals surface area contributed by atoms with Crippen molar-refractivity contribution < 1.29 is 14.7 Å². The summed E-state index contributed by atoms with van der Waals surface area (Å²) in [6.45, 7) is 8.21. The van der Waals surface area contributed by atoms with Crippen molar-refractivity contribution in [2.24, 2.45) is 11.8 Å². The fraction of sp³-hybridized carbons (Fsp3) is 0.769. The quantitative estimate of drug-likeness (QED) is 0.735. The van der Waals surface area contributed by atoms with Crippen molar-refractivity contribution in [3.05, 3.63) is 0 Å². The number of nitrogens with zero attached hydrogens (tertiary/aromatic N) is 2. The Hall–Kier alpha value is -1.77. The molecule has 108 valence electrons. The maximum atomic E-state index is 12.0. The van der Waals surface area contributed by atoms with Gasteiger partial charge in [-0.2, -0.15) is 5.26 Å². The third kappa shape index (κ3) is 6.65. The number of carbonyl (C=O) groups is 2. The first-order valence-corrected chi connectivity index (χ1v) is 6.44. The second-order valence-corrected chi connectivity index (χ2v) is 5.26. The average Bonchev–Trinajstić information content (AvgIpc) is 2.29. The minimum Gasteiger partial charge on any atom is -0.480 e. The first-order valence-electron chi connectivity index (χ1n) is 6.44. The Labute approximate surface area is 114 Å². The van der Waals surface area contributed by atoms with E-state index in [1.807, 2.05) is 19.9 Å². The number of urea groups is 1. The standard InChI is InChI=1S/C13H23N3O3/c1-9(2)8-16(7-5-6-14)13(19)15-11(10(3)4)12(17)18/h9-11H,5,7-8H2,1-4H3,(H,15,19)(H,17,18)/t11-/m1/s1. The van der Waals surface area contributed by atoms with E-state index in [9.17, 15) is 9.59 Å². The lowest BCUT2D eigenvalue weighted by molar-refractivity contribution is -0.140. The van der Waals surface area contributed by atoms with Crippen LogP contribution in [0.2, 0.25) is 0 Å². The molecule has 0 aromatic carbocycles. The second-order valence-electron chi connectivity index (χ2n) is 5.26. The number of aliphatic carboxylic acids is 1. The molecule has 0 saturated heterocycles. The average molecular weight is 269 g/mol. The molecule has 0 spiro atoms. The number of carbonyl (C=O) groups excluding carboxylic acids is 1. The zero-order valence-corrected chi connectivity index (χ0v) is 12.0. The zero-order valence-electron chi connectivity index (χ0n) is 12.0. The molecule has 0 aromatic rings. The van der Waals surface area contributed by atoms with E-state index in [1.54, 1.807) is 13.8 Å². The molecule has 2 amide bonds. The Morgan fingerprint density at radius 3 is 2.26 bits per heavy atom. The summed E-state index contributed by atoms with van der Waals surface area (Å²) < 4.78 is 0. The summed E-state index contributed by atoms with van der Waals surface area (Å²) in [5.74, 6) is -0.988. The van der Waals surface area contributed by atoms with Gasteiger partial charge < -0.3 is 15.3 Å². The zero-order chi connectivity index (χ0) is 15.0. The fourth-order valence-electron chi connectivity index (χ4n) is 1.64. The Kier molecular flexibility index (Phi) is 7.57. The summed E-state index contributed by atoms with van der Waals surface area (Å²) in [4.78, 5) is 24.6. The van der Waals surface area contributed by atoms with Gasteiger partial charge in [0, 0.05) is 13.1 Å². The minimum atomic E-state index is -1.05. The van der Waals surface area contributed by atoms with Crippen LogP contribution in [0.25, 0.3) is 0 Å². The SMILES string of the molecule is CC(C)CN(CCC#N)C(=O)N[C@@H](C(=O)O)C(C)C. The van der Waals surface area contributed by atoms with Crippen molar-refractivity contribution in [2.75, 3.05) is 13.1 Å². The van der Waals surface area contributed by atoms with Crippen LogP contribution in [0.1, 0.15) is 34.1 Å². The van der Waals surface area contributed by atoms with Gasteiger partial charge in [-0.15, -0.1) is 0 Å². The summed E-state index contributed by atoms with van der Waals surface area (Å²) in [5.41, 5.74) is 0. The van der Waals surface area contributed by atoms with Crippen molar-refractivity contribution in [2.45, 2.75) is 40.2 Å². The topological polar surface area (TPSA) is 93.4 Å². The monoisotopic (exact) mass is 269 g/mol. The van der Waals surface area contributed by atoms with Gasteiger partial charge in [0.2, 0.25) is 0 Å². The first kappa shape index (κ1) is 17.2. The molecule has 0 aliphatic heterocycles. The molecule has 0 heterocycles. The summed E-state index contributed by atoms with van der Waals surface area (Å²) in [6.07, 6.45) is 0.236. The molecule has 0 fully saturated rings. The Morgan fingerprint density at radius 2 is 1.89 bits per heavy atom. The maximum absolute atomic E-state index is 12.0. The second kappa shape index (κ2) is 8.35. The van der Waals surface area contributed by atoms with Crippen molar-refractivity contribution in [1.82, 2.24) is 10.2 Å². The highest BCUT2D eigenvalue weighted by atomic mass is 16.4. The molecular formula is C13H23N3O3. The molecule has 0 radical (unpaired) electrons. The van der Waals surface area contributed by atoms with E-state index in [0.29, 0.717) is 13.1 Å². The van der Waals surface area contributed by atoms with Crippen LogP contribution >= 0.6 is 0 Å². The molecule has 6 heteroatoms. The number of hydrogen-bond donors (Lipinski definition) is 2. The van der Waals surface area contributed by atoms with Crippen molar-refractivity contribution in [3.8, 4) is 6.07 Å². The third-order valence-corrected chi connectivity index (χ3v) is 2.58. The highest BCUT2D eigenvalue weighted by Crippen LogP contribution is 2.05. The van der Waals surface area contributed by atoms with Crippen molar-refractivity contribution in [1.29, 1.82) is 5.26 Å². The Morgan fingerprint density at radius 1 is 1.32 bits per heavy atom.